The molecule has 144 valence electrons. The predicted molar refractivity (Wildman–Crippen MR) is 96.4 cm³/mol. The van der Waals surface area contributed by atoms with Crippen molar-refractivity contribution in [3.63, 3.8) is 0 Å². The van der Waals surface area contributed by atoms with Crippen LogP contribution in [0.4, 0.5) is 19.1 Å². The van der Waals surface area contributed by atoms with E-state index in [1.54, 1.807) is 23.7 Å². The van der Waals surface area contributed by atoms with Gasteiger partial charge in [0.2, 0.25) is 5.95 Å². The number of carbonyl (C=O) groups excluding carboxylic acids is 1. The van der Waals surface area contributed by atoms with Gasteiger partial charge in [0, 0.05) is 12.7 Å². The maximum atomic E-state index is 13.3. The Bertz CT molecular complexity index is 1240. The Labute approximate surface area is 160 Å². The maximum Gasteiger partial charge on any atom is 0.433 e. The highest BCUT2D eigenvalue weighted by Crippen LogP contribution is 2.32. The molecule has 0 atom stereocenters. The average Bonchev–Trinajstić information content (AvgIpc) is 3.12. The lowest BCUT2D eigenvalue weighted by Gasteiger charge is -2.09. The Balaban J connectivity index is 1.79. The Hall–Kier alpha value is -3.14. The molecule has 4 rings (SSSR count). The molecule has 11 heteroatoms. The summed E-state index contributed by atoms with van der Waals surface area (Å²) in [6.45, 7) is 1.40. The number of hydrogen-bond donors (Lipinski definition) is 1. The summed E-state index contributed by atoms with van der Waals surface area (Å²) in [5.41, 5.74) is -0.169. The molecule has 0 bridgehead atoms. The number of nitrogens with one attached hydrogen (secondary N) is 1. The Morgan fingerprint density at radius 3 is 2.61 bits per heavy atom. The standard InChI is InChI=1S/C17H12ClF3N6O/c1-8-7-11(17(19,20)21)27-14(22-8)12(18)13(25-27)15(28)24-16-23-9-5-3-4-6-10(9)26(16)2/h3-7H,1-2H3,(H,23,24,28). The van der Waals surface area contributed by atoms with Gasteiger partial charge in [0.25, 0.3) is 5.91 Å². The van der Waals surface area contributed by atoms with E-state index in [0.29, 0.717) is 10.0 Å². The minimum absolute atomic E-state index is 0.101. The largest absolute Gasteiger partial charge is 0.433 e. The van der Waals surface area contributed by atoms with E-state index in [2.05, 4.69) is 20.4 Å². The summed E-state index contributed by atoms with van der Waals surface area (Å²) >= 11 is 6.13. The van der Waals surface area contributed by atoms with E-state index in [1.807, 2.05) is 12.1 Å². The van der Waals surface area contributed by atoms with Gasteiger partial charge in [-0.15, -0.1) is 0 Å². The first kappa shape index (κ1) is 18.2. The third-order valence-corrected chi connectivity index (χ3v) is 4.53. The molecular weight excluding hydrogens is 397 g/mol. The van der Waals surface area contributed by atoms with Crippen molar-refractivity contribution < 1.29 is 18.0 Å². The summed E-state index contributed by atoms with van der Waals surface area (Å²) in [5.74, 6) is -0.584. The molecule has 1 aromatic carbocycles. The number of para-hydroxylation sites is 2. The summed E-state index contributed by atoms with van der Waals surface area (Å²) in [4.78, 5) is 20.9. The summed E-state index contributed by atoms with van der Waals surface area (Å²) < 4.78 is 42.1. The second-order valence-corrected chi connectivity index (χ2v) is 6.49. The summed E-state index contributed by atoms with van der Waals surface area (Å²) in [6.07, 6.45) is -4.69. The first-order valence-electron chi connectivity index (χ1n) is 8.02. The lowest BCUT2D eigenvalue weighted by Crippen LogP contribution is -2.17. The van der Waals surface area contributed by atoms with Gasteiger partial charge in [0.1, 0.15) is 10.7 Å². The molecule has 0 unspecified atom stereocenters. The molecular formula is C17H12ClF3N6O. The van der Waals surface area contributed by atoms with Crippen molar-refractivity contribution in [1.82, 2.24) is 24.1 Å². The number of anilines is 1. The van der Waals surface area contributed by atoms with Gasteiger partial charge in [-0.1, -0.05) is 23.7 Å². The molecule has 0 aliphatic carbocycles. The number of amides is 1. The molecule has 3 heterocycles. The Morgan fingerprint density at radius 2 is 1.93 bits per heavy atom. The van der Waals surface area contributed by atoms with Crippen LogP contribution in [0.25, 0.3) is 16.7 Å². The quantitative estimate of drug-likeness (QED) is 0.546. The fraction of sp³-hybridized carbons (Fsp3) is 0.176. The molecule has 0 fully saturated rings. The SMILES string of the molecule is Cc1cc(C(F)(F)F)n2nc(C(=O)Nc3nc4ccccc4n3C)c(Cl)c2n1. The van der Waals surface area contributed by atoms with Crippen LogP contribution in [-0.4, -0.2) is 30.1 Å². The van der Waals surface area contributed by atoms with Crippen molar-refractivity contribution in [2.24, 2.45) is 7.05 Å². The van der Waals surface area contributed by atoms with E-state index >= 15 is 0 Å². The van der Waals surface area contributed by atoms with Gasteiger partial charge >= 0.3 is 6.18 Å². The number of aromatic nitrogens is 5. The predicted octanol–water partition coefficient (Wildman–Crippen LogP) is 3.85. The van der Waals surface area contributed by atoms with Crippen LogP contribution in [0, 0.1) is 6.92 Å². The average molecular weight is 409 g/mol. The van der Waals surface area contributed by atoms with Gasteiger partial charge in [-0.2, -0.15) is 18.3 Å². The highest BCUT2D eigenvalue weighted by atomic mass is 35.5. The zero-order chi connectivity index (χ0) is 20.2. The number of nitrogens with zero attached hydrogens (tertiary/aromatic N) is 5. The van der Waals surface area contributed by atoms with Gasteiger partial charge < -0.3 is 4.57 Å². The minimum Gasteiger partial charge on any atom is -0.313 e. The van der Waals surface area contributed by atoms with E-state index in [4.69, 9.17) is 11.6 Å². The molecule has 1 N–H and O–H groups in total. The smallest absolute Gasteiger partial charge is 0.313 e. The number of halogens is 4. The first-order valence-corrected chi connectivity index (χ1v) is 8.40. The number of alkyl halides is 3. The lowest BCUT2D eigenvalue weighted by atomic mass is 10.3. The molecule has 0 radical (unpaired) electrons. The summed E-state index contributed by atoms with van der Waals surface area (Å²) in [6, 6.07) is 8.04. The molecule has 3 aromatic heterocycles. The molecule has 7 nitrogen and oxygen atoms in total. The van der Waals surface area contributed by atoms with Gasteiger partial charge in [0.15, 0.2) is 11.3 Å². The number of fused-ring (bicyclic) bond motifs is 2. The van der Waals surface area contributed by atoms with Crippen LogP contribution in [0.15, 0.2) is 30.3 Å². The van der Waals surface area contributed by atoms with E-state index in [-0.39, 0.29) is 28.0 Å². The topological polar surface area (TPSA) is 77.1 Å². The number of rotatable bonds is 2. The van der Waals surface area contributed by atoms with Crippen molar-refractivity contribution in [1.29, 1.82) is 0 Å². The van der Waals surface area contributed by atoms with Crippen molar-refractivity contribution in [3.8, 4) is 0 Å². The Kier molecular flexibility index (Phi) is 4.03. The molecule has 0 saturated carbocycles. The first-order chi connectivity index (χ1) is 13.2. The van der Waals surface area contributed by atoms with Crippen LogP contribution >= 0.6 is 11.6 Å². The van der Waals surface area contributed by atoms with Crippen molar-refractivity contribution in [2.45, 2.75) is 13.1 Å². The van der Waals surface area contributed by atoms with Gasteiger partial charge in [0.05, 0.1) is 11.0 Å². The van der Waals surface area contributed by atoms with Crippen LogP contribution in [0.1, 0.15) is 21.9 Å². The van der Waals surface area contributed by atoms with Gasteiger partial charge in [-0.05, 0) is 25.1 Å². The second kappa shape index (κ2) is 6.20. The molecule has 4 aromatic rings. The lowest BCUT2D eigenvalue weighted by molar-refractivity contribution is -0.142. The van der Waals surface area contributed by atoms with E-state index < -0.39 is 17.8 Å². The van der Waals surface area contributed by atoms with E-state index in [0.717, 1.165) is 11.6 Å². The Morgan fingerprint density at radius 1 is 1.21 bits per heavy atom. The van der Waals surface area contributed by atoms with Crippen LogP contribution < -0.4 is 5.32 Å². The molecule has 0 spiro atoms. The van der Waals surface area contributed by atoms with Crippen molar-refractivity contribution in [3.05, 3.63) is 52.4 Å². The number of hydrogen-bond acceptors (Lipinski definition) is 4. The van der Waals surface area contributed by atoms with Gasteiger partial charge in [-0.25, -0.2) is 14.5 Å². The van der Waals surface area contributed by atoms with Gasteiger partial charge in [-0.3, -0.25) is 10.1 Å². The fourth-order valence-electron chi connectivity index (χ4n) is 2.88. The third-order valence-electron chi connectivity index (χ3n) is 4.18. The zero-order valence-electron chi connectivity index (χ0n) is 14.5. The number of aryl methyl sites for hydroxylation is 2. The number of carbonyl (C=O) groups is 1. The third kappa shape index (κ3) is 2.85. The molecule has 0 saturated heterocycles. The molecule has 1 amide bonds. The van der Waals surface area contributed by atoms with E-state index in [9.17, 15) is 18.0 Å². The van der Waals surface area contributed by atoms with Crippen molar-refractivity contribution in [2.75, 3.05) is 5.32 Å². The fourth-order valence-corrected chi connectivity index (χ4v) is 3.12. The minimum atomic E-state index is -4.69. The van der Waals surface area contributed by atoms with Crippen molar-refractivity contribution >= 4 is 40.1 Å². The molecule has 28 heavy (non-hydrogen) atoms. The molecule has 0 aliphatic rings. The van der Waals surface area contributed by atoms with Crippen LogP contribution in [0.5, 0.6) is 0 Å². The summed E-state index contributed by atoms with van der Waals surface area (Å²) in [5, 5.41) is 6.01. The number of benzene rings is 1. The highest BCUT2D eigenvalue weighted by molar-refractivity contribution is 6.37. The van der Waals surface area contributed by atoms with Crippen LogP contribution in [0.3, 0.4) is 0 Å². The second-order valence-electron chi connectivity index (χ2n) is 6.12. The highest BCUT2D eigenvalue weighted by Gasteiger charge is 2.36. The van der Waals surface area contributed by atoms with Crippen LogP contribution in [0.2, 0.25) is 5.02 Å². The maximum absolute atomic E-state index is 13.3. The van der Waals surface area contributed by atoms with E-state index in [1.165, 1.54) is 6.92 Å². The monoisotopic (exact) mass is 408 g/mol. The molecule has 0 aliphatic heterocycles. The summed E-state index contributed by atoms with van der Waals surface area (Å²) in [7, 11) is 1.70. The van der Waals surface area contributed by atoms with Crippen LogP contribution in [-0.2, 0) is 13.2 Å². The normalized spacial score (nSPS) is 12.1. The number of imidazole rings is 1. The zero-order valence-corrected chi connectivity index (χ0v) is 15.3.